The fourth-order valence-corrected chi connectivity index (χ4v) is 2.75. The monoisotopic (exact) mass is 308 g/mol. The van der Waals surface area contributed by atoms with Crippen molar-refractivity contribution in [3.8, 4) is 11.4 Å². The van der Waals surface area contributed by atoms with Crippen molar-refractivity contribution in [3.63, 3.8) is 0 Å². The van der Waals surface area contributed by atoms with E-state index in [-0.39, 0.29) is 10.8 Å². The molecule has 0 aliphatic carbocycles. The van der Waals surface area contributed by atoms with Crippen LogP contribution in [0.15, 0.2) is 17.8 Å². The standard InChI is InChI=1S/C12H9ClN4O2S/c1-6-8(12(18)19-2)15-10(16-9(6)13)7-5-14-17-3-4-20-11(7)17/h3-5H,1-2H3. The van der Waals surface area contributed by atoms with Gasteiger partial charge in [0.05, 0.1) is 18.9 Å². The molecule has 3 rings (SSSR count). The molecule has 0 saturated heterocycles. The van der Waals surface area contributed by atoms with Crippen LogP contribution in [0.1, 0.15) is 16.1 Å². The first-order chi connectivity index (χ1) is 9.61. The largest absolute Gasteiger partial charge is 0.464 e. The maximum absolute atomic E-state index is 11.7. The van der Waals surface area contributed by atoms with Gasteiger partial charge in [0.1, 0.15) is 9.98 Å². The topological polar surface area (TPSA) is 69.4 Å². The van der Waals surface area contributed by atoms with E-state index in [1.165, 1.54) is 18.4 Å². The summed E-state index contributed by atoms with van der Waals surface area (Å²) in [4.78, 5) is 21.1. The summed E-state index contributed by atoms with van der Waals surface area (Å²) >= 11 is 7.59. The molecule has 0 radical (unpaired) electrons. The van der Waals surface area contributed by atoms with Gasteiger partial charge in [-0.3, -0.25) is 0 Å². The van der Waals surface area contributed by atoms with Crippen molar-refractivity contribution >= 4 is 33.7 Å². The number of halogens is 1. The summed E-state index contributed by atoms with van der Waals surface area (Å²) in [7, 11) is 1.30. The number of esters is 1. The van der Waals surface area contributed by atoms with Crippen LogP contribution < -0.4 is 0 Å². The third-order valence-electron chi connectivity index (χ3n) is 2.84. The van der Waals surface area contributed by atoms with Crippen LogP contribution in [-0.4, -0.2) is 32.7 Å². The normalized spacial score (nSPS) is 10.9. The number of fused-ring (bicyclic) bond motifs is 1. The van der Waals surface area contributed by atoms with Gasteiger partial charge in [-0.25, -0.2) is 19.3 Å². The highest BCUT2D eigenvalue weighted by molar-refractivity contribution is 7.16. The second kappa shape index (κ2) is 4.84. The number of methoxy groups -OCH3 is 1. The molecular weight excluding hydrogens is 300 g/mol. The third kappa shape index (κ3) is 1.95. The van der Waals surface area contributed by atoms with Crippen molar-refractivity contribution < 1.29 is 9.53 Å². The van der Waals surface area contributed by atoms with E-state index in [1.54, 1.807) is 17.6 Å². The Bertz CT molecular complexity index is 811. The molecule has 0 amide bonds. The van der Waals surface area contributed by atoms with Gasteiger partial charge in [-0.05, 0) is 6.92 Å². The van der Waals surface area contributed by atoms with E-state index in [0.717, 1.165) is 10.4 Å². The Balaban J connectivity index is 2.22. The van der Waals surface area contributed by atoms with Crippen molar-refractivity contribution in [3.05, 3.63) is 34.2 Å². The molecule has 8 heteroatoms. The van der Waals surface area contributed by atoms with E-state index >= 15 is 0 Å². The molecule has 0 aromatic carbocycles. The number of carbonyl (C=O) groups excluding carboxylic acids is 1. The Morgan fingerprint density at radius 3 is 3.00 bits per heavy atom. The quantitative estimate of drug-likeness (QED) is 0.537. The molecule has 0 fully saturated rings. The van der Waals surface area contributed by atoms with Crippen molar-refractivity contribution in [2.45, 2.75) is 6.92 Å². The SMILES string of the molecule is COC(=O)c1nc(-c2cnn3ccsc23)nc(Cl)c1C. The number of thiazole rings is 1. The average Bonchev–Trinajstić information content (AvgIpc) is 3.03. The molecule has 0 saturated carbocycles. The van der Waals surface area contributed by atoms with E-state index in [4.69, 9.17) is 16.3 Å². The van der Waals surface area contributed by atoms with Crippen LogP contribution >= 0.6 is 22.9 Å². The number of hydrogen-bond donors (Lipinski definition) is 0. The Morgan fingerprint density at radius 1 is 1.45 bits per heavy atom. The van der Waals surface area contributed by atoms with Gasteiger partial charge in [-0.2, -0.15) is 5.10 Å². The van der Waals surface area contributed by atoms with E-state index in [9.17, 15) is 4.79 Å². The minimum absolute atomic E-state index is 0.165. The molecule has 3 aromatic heterocycles. The van der Waals surface area contributed by atoms with E-state index < -0.39 is 5.97 Å². The first kappa shape index (κ1) is 13.0. The second-order valence-electron chi connectivity index (χ2n) is 4.01. The van der Waals surface area contributed by atoms with Crippen molar-refractivity contribution in [1.82, 2.24) is 19.6 Å². The molecule has 0 atom stereocenters. The molecule has 102 valence electrons. The Morgan fingerprint density at radius 2 is 2.25 bits per heavy atom. The van der Waals surface area contributed by atoms with Crippen molar-refractivity contribution in [1.29, 1.82) is 0 Å². The minimum atomic E-state index is -0.539. The predicted molar refractivity (Wildman–Crippen MR) is 75.2 cm³/mol. The lowest BCUT2D eigenvalue weighted by molar-refractivity contribution is 0.0593. The van der Waals surface area contributed by atoms with Gasteiger partial charge in [0, 0.05) is 17.1 Å². The maximum Gasteiger partial charge on any atom is 0.357 e. The second-order valence-corrected chi connectivity index (χ2v) is 5.27. The van der Waals surface area contributed by atoms with Crippen molar-refractivity contribution in [2.75, 3.05) is 7.11 Å². The number of nitrogens with zero attached hydrogens (tertiary/aromatic N) is 4. The number of rotatable bonds is 2. The summed E-state index contributed by atoms with van der Waals surface area (Å²) in [6.07, 6.45) is 3.48. The number of aromatic nitrogens is 4. The van der Waals surface area contributed by atoms with Gasteiger partial charge in [0.25, 0.3) is 0 Å². The van der Waals surface area contributed by atoms with Gasteiger partial charge < -0.3 is 4.74 Å². The smallest absolute Gasteiger partial charge is 0.357 e. The fourth-order valence-electron chi connectivity index (χ4n) is 1.79. The molecule has 0 aliphatic heterocycles. The minimum Gasteiger partial charge on any atom is -0.464 e. The molecule has 0 bridgehead atoms. The summed E-state index contributed by atoms with van der Waals surface area (Å²) < 4.78 is 6.43. The van der Waals surface area contributed by atoms with Crippen LogP contribution in [0.3, 0.4) is 0 Å². The Hall–Kier alpha value is -1.99. The van der Waals surface area contributed by atoms with Crippen LogP contribution in [0.2, 0.25) is 5.15 Å². The molecular formula is C12H9ClN4O2S. The molecule has 0 aliphatic rings. The van der Waals surface area contributed by atoms with Gasteiger partial charge in [-0.15, -0.1) is 11.3 Å². The first-order valence-corrected chi connectivity index (χ1v) is 6.91. The maximum atomic E-state index is 11.7. The summed E-state index contributed by atoms with van der Waals surface area (Å²) in [5.74, 6) is -0.180. The zero-order valence-electron chi connectivity index (χ0n) is 10.6. The molecule has 20 heavy (non-hydrogen) atoms. The van der Waals surface area contributed by atoms with Crippen LogP contribution in [-0.2, 0) is 4.74 Å². The average molecular weight is 309 g/mol. The summed E-state index contributed by atoms with van der Waals surface area (Å²) in [6.45, 7) is 1.68. The summed E-state index contributed by atoms with van der Waals surface area (Å²) in [5.41, 5.74) is 1.39. The van der Waals surface area contributed by atoms with Gasteiger partial charge >= 0.3 is 5.97 Å². The Kier molecular flexibility index (Phi) is 3.15. The predicted octanol–water partition coefficient (Wildman–Crippen LogP) is 2.60. The van der Waals surface area contributed by atoms with Crippen LogP contribution in [0.25, 0.3) is 16.2 Å². The van der Waals surface area contributed by atoms with Gasteiger partial charge in [0.15, 0.2) is 11.5 Å². The molecule has 0 unspecified atom stereocenters. The van der Waals surface area contributed by atoms with Crippen LogP contribution in [0.4, 0.5) is 0 Å². The number of carbonyl (C=O) groups is 1. The lowest BCUT2D eigenvalue weighted by Crippen LogP contribution is -2.09. The number of ether oxygens (including phenoxy) is 1. The molecule has 0 N–H and O–H groups in total. The van der Waals surface area contributed by atoms with E-state index in [0.29, 0.717) is 11.4 Å². The van der Waals surface area contributed by atoms with Crippen LogP contribution in [0.5, 0.6) is 0 Å². The zero-order chi connectivity index (χ0) is 14.3. The van der Waals surface area contributed by atoms with Crippen LogP contribution in [0, 0.1) is 6.92 Å². The Labute approximate surface area is 123 Å². The molecule has 3 aromatic rings. The van der Waals surface area contributed by atoms with E-state index in [1.807, 2.05) is 11.6 Å². The summed E-state index contributed by atoms with van der Waals surface area (Å²) in [6, 6.07) is 0. The first-order valence-electron chi connectivity index (χ1n) is 5.65. The number of hydrogen-bond acceptors (Lipinski definition) is 6. The molecule has 3 heterocycles. The highest BCUT2D eigenvalue weighted by atomic mass is 35.5. The lowest BCUT2D eigenvalue weighted by Gasteiger charge is -2.06. The highest BCUT2D eigenvalue weighted by Crippen LogP contribution is 2.27. The van der Waals surface area contributed by atoms with Crippen molar-refractivity contribution in [2.24, 2.45) is 0 Å². The molecule has 6 nitrogen and oxygen atoms in total. The van der Waals surface area contributed by atoms with E-state index in [2.05, 4.69) is 15.1 Å². The lowest BCUT2D eigenvalue weighted by atomic mass is 10.2. The third-order valence-corrected chi connectivity index (χ3v) is 4.09. The van der Waals surface area contributed by atoms with Gasteiger partial charge in [-0.1, -0.05) is 11.6 Å². The van der Waals surface area contributed by atoms with Gasteiger partial charge in [0.2, 0.25) is 0 Å². The highest BCUT2D eigenvalue weighted by Gasteiger charge is 2.19. The summed E-state index contributed by atoms with van der Waals surface area (Å²) in [5, 5.41) is 6.32. The zero-order valence-corrected chi connectivity index (χ0v) is 12.2. The molecule has 0 spiro atoms. The fraction of sp³-hybridized carbons (Fsp3) is 0.167.